The molecule has 168 valence electrons. The van der Waals surface area contributed by atoms with Crippen LogP contribution in [-0.4, -0.2) is 50.8 Å². The van der Waals surface area contributed by atoms with Crippen LogP contribution in [-0.2, 0) is 11.3 Å². The van der Waals surface area contributed by atoms with Crippen LogP contribution in [0.3, 0.4) is 0 Å². The first-order chi connectivity index (χ1) is 16.1. The minimum absolute atomic E-state index is 0.132. The molecule has 2 aliphatic heterocycles. The number of para-hydroxylation sites is 1. The molecule has 4 heterocycles. The van der Waals surface area contributed by atoms with E-state index in [2.05, 4.69) is 36.3 Å². The van der Waals surface area contributed by atoms with Gasteiger partial charge in [-0.2, -0.15) is 19.6 Å². The van der Waals surface area contributed by atoms with Crippen molar-refractivity contribution in [3.63, 3.8) is 0 Å². The van der Waals surface area contributed by atoms with Gasteiger partial charge in [0.2, 0.25) is 11.9 Å². The molecule has 1 aliphatic carbocycles. The first-order valence-corrected chi connectivity index (χ1v) is 10.6. The second-order valence-corrected chi connectivity index (χ2v) is 7.89. The number of nitrogens with one attached hydrogen (secondary N) is 4. The molecule has 6 rings (SSSR count). The van der Waals surface area contributed by atoms with Gasteiger partial charge in [-0.1, -0.05) is 12.1 Å². The van der Waals surface area contributed by atoms with Crippen LogP contribution >= 0.6 is 0 Å². The zero-order valence-corrected chi connectivity index (χ0v) is 17.4. The molecule has 1 aromatic carbocycles. The van der Waals surface area contributed by atoms with Crippen LogP contribution in [0, 0.1) is 0 Å². The molecule has 0 radical (unpaired) electrons. The van der Waals surface area contributed by atoms with Gasteiger partial charge in [-0.25, -0.2) is 4.79 Å². The van der Waals surface area contributed by atoms with Crippen molar-refractivity contribution in [3.8, 4) is 11.5 Å². The number of rotatable bonds is 6. The second-order valence-electron chi connectivity index (χ2n) is 7.89. The highest BCUT2D eigenvalue weighted by atomic mass is 16.6. The molecule has 33 heavy (non-hydrogen) atoms. The fourth-order valence-corrected chi connectivity index (χ4v) is 3.66. The average molecular weight is 448 g/mol. The fourth-order valence-electron chi connectivity index (χ4n) is 3.66. The Balaban J connectivity index is 1.34. The van der Waals surface area contributed by atoms with Crippen molar-refractivity contribution in [3.05, 3.63) is 41.2 Å². The molecule has 1 saturated carbocycles. The van der Waals surface area contributed by atoms with E-state index in [0.29, 0.717) is 54.7 Å². The van der Waals surface area contributed by atoms with Gasteiger partial charge in [-0.3, -0.25) is 10.1 Å². The average Bonchev–Trinajstić information content (AvgIpc) is 3.46. The number of fused-ring (bicyclic) bond motifs is 2. The van der Waals surface area contributed by atoms with E-state index in [1.165, 1.54) is 0 Å². The van der Waals surface area contributed by atoms with Gasteiger partial charge in [0.25, 0.3) is 5.91 Å². The van der Waals surface area contributed by atoms with Crippen LogP contribution in [0.15, 0.2) is 30.1 Å². The molecule has 3 amide bonds. The molecule has 12 nitrogen and oxygen atoms in total. The van der Waals surface area contributed by atoms with Crippen LogP contribution in [0.4, 0.5) is 16.7 Å². The van der Waals surface area contributed by atoms with E-state index >= 15 is 0 Å². The van der Waals surface area contributed by atoms with Gasteiger partial charge < -0.3 is 25.4 Å². The number of carbonyl (C=O) groups excluding carboxylic acids is 2. The topological polar surface area (TPSA) is 144 Å². The fraction of sp³-hybridized carbons (Fsp3) is 0.286. The summed E-state index contributed by atoms with van der Waals surface area (Å²) in [5.41, 5.74) is 2.12. The summed E-state index contributed by atoms with van der Waals surface area (Å²) in [6, 6.07) is 5.53. The van der Waals surface area contributed by atoms with Gasteiger partial charge in [-0.05, 0) is 25.0 Å². The number of urea groups is 1. The third-order valence-electron chi connectivity index (χ3n) is 5.41. The molecule has 3 aliphatic rings. The number of ether oxygens (including phenoxy) is 2. The first kappa shape index (κ1) is 19.3. The van der Waals surface area contributed by atoms with E-state index in [0.717, 1.165) is 24.2 Å². The molecule has 0 atom stereocenters. The van der Waals surface area contributed by atoms with E-state index in [9.17, 15) is 9.59 Å². The van der Waals surface area contributed by atoms with Gasteiger partial charge in [-0.15, -0.1) is 0 Å². The smallest absolute Gasteiger partial charge is 0.326 e. The molecular weight excluding hydrogens is 428 g/mol. The third-order valence-corrected chi connectivity index (χ3v) is 5.41. The molecule has 4 N–H and O–H groups in total. The zero-order chi connectivity index (χ0) is 22.4. The molecular formula is C21H20N8O4. The third kappa shape index (κ3) is 3.75. The number of hydrogen-bond acceptors (Lipinski definition) is 9. The number of amides is 3. The minimum atomic E-state index is -0.562. The van der Waals surface area contributed by atoms with Gasteiger partial charge >= 0.3 is 6.03 Å². The highest BCUT2D eigenvalue weighted by Gasteiger charge is 2.26. The number of nitrogens with zero attached hydrogens (tertiary/aromatic N) is 4. The molecule has 3 aromatic rings. The maximum Gasteiger partial charge on any atom is 0.326 e. The quantitative estimate of drug-likeness (QED) is 0.324. The largest absolute Gasteiger partial charge is 0.486 e. The minimum Gasteiger partial charge on any atom is -0.486 e. The van der Waals surface area contributed by atoms with Crippen molar-refractivity contribution >= 4 is 35.6 Å². The van der Waals surface area contributed by atoms with Gasteiger partial charge in [0.15, 0.2) is 17.1 Å². The van der Waals surface area contributed by atoms with Crippen LogP contribution in [0.25, 0.3) is 11.7 Å². The molecule has 1 saturated heterocycles. The van der Waals surface area contributed by atoms with Crippen molar-refractivity contribution in [2.24, 2.45) is 0 Å². The Morgan fingerprint density at radius 1 is 1.15 bits per heavy atom. The van der Waals surface area contributed by atoms with Crippen LogP contribution in [0.5, 0.6) is 11.5 Å². The van der Waals surface area contributed by atoms with Crippen LogP contribution in [0.1, 0.15) is 24.0 Å². The van der Waals surface area contributed by atoms with Crippen molar-refractivity contribution in [2.75, 3.05) is 23.8 Å². The lowest BCUT2D eigenvalue weighted by molar-refractivity contribution is -0.115. The Kier molecular flexibility index (Phi) is 4.49. The first-order valence-electron chi connectivity index (χ1n) is 10.6. The van der Waals surface area contributed by atoms with E-state index in [-0.39, 0.29) is 5.70 Å². The SMILES string of the molecule is O=C1NC(=O)/C(=C/c2cnn3c(NC4CC4)nc(NCc4cccc5c4OCCO5)nc23)N1. The predicted octanol–water partition coefficient (Wildman–Crippen LogP) is 1.26. The number of aromatic nitrogens is 4. The normalized spacial score (nSPS) is 18.4. The Hall–Kier alpha value is -4.35. The lowest BCUT2D eigenvalue weighted by Gasteiger charge is -2.21. The lowest BCUT2D eigenvalue weighted by atomic mass is 10.1. The number of hydrogen-bond donors (Lipinski definition) is 4. The molecule has 0 bridgehead atoms. The van der Waals surface area contributed by atoms with E-state index in [1.807, 2.05) is 18.2 Å². The maximum absolute atomic E-state index is 11.9. The van der Waals surface area contributed by atoms with Crippen LogP contribution < -0.4 is 30.7 Å². The number of imide groups is 1. The Bertz CT molecular complexity index is 1310. The maximum atomic E-state index is 11.9. The summed E-state index contributed by atoms with van der Waals surface area (Å²) in [4.78, 5) is 32.6. The van der Waals surface area contributed by atoms with E-state index in [4.69, 9.17) is 9.47 Å². The standard InChI is InChI=1S/C21H20N8O4/c30-18-14(25-21(31)27-18)8-12-10-23-29-17(12)26-19(28-20(29)24-13-4-5-13)22-9-11-2-1-3-15-16(11)33-7-6-32-15/h1-3,8,10,13H,4-7,9H2,(H2,22,24,26,28)(H2,25,27,30,31)/b14-8-. The summed E-state index contributed by atoms with van der Waals surface area (Å²) >= 11 is 0. The van der Waals surface area contributed by atoms with Crippen molar-refractivity contribution in [1.82, 2.24) is 30.2 Å². The van der Waals surface area contributed by atoms with Crippen molar-refractivity contribution < 1.29 is 19.1 Å². The summed E-state index contributed by atoms with van der Waals surface area (Å²) in [6.07, 6.45) is 5.24. The van der Waals surface area contributed by atoms with E-state index < -0.39 is 11.9 Å². The summed E-state index contributed by atoms with van der Waals surface area (Å²) < 4.78 is 13.0. The number of carbonyl (C=O) groups is 2. The molecule has 0 unspecified atom stereocenters. The van der Waals surface area contributed by atoms with Gasteiger partial charge in [0.05, 0.1) is 6.20 Å². The summed E-state index contributed by atoms with van der Waals surface area (Å²) in [5.74, 6) is 1.87. The summed E-state index contributed by atoms with van der Waals surface area (Å²) in [7, 11) is 0. The molecule has 2 fully saturated rings. The second kappa shape index (κ2) is 7.65. The van der Waals surface area contributed by atoms with Crippen molar-refractivity contribution in [1.29, 1.82) is 0 Å². The molecule has 12 heteroatoms. The Morgan fingerprint density at radius 2 is 2.03 bits per heavy atom. The van der Waals surface area contributed by atoms with E-state index in [1.54, 1.807) is 16.8 Å². The summed E-state index contributed by atoms with van der Waals surface area (Å²) in [6.45, 7) is 1.45. The van der Waals surface area contributed by atoms with Gasteiger partial charge in [0.1, 0.15) is 18.9 Å². The summed E-state index contributed by atoms with van der Waals surface area (Å²) in [5, 5.41) is 15.7. The molecule has 2 aromatic heterocycles. The zero-order valence-electron chi connectivity index (χ0n) is 17.4. The Morgan fingerprint density at radius 3 is 2.85 bits per heavy atom. The van der Waals surface area contributed by atoms with Crippen LogP contribution in [0.2, 0.25) is 0 Å². The monoisotopic (exact) mass is 448 g/mol. The van der Waals surface area contributed by atoms with Crippen molar-refractivity contribution in [2.45, 2.75) is 25.4 Å². The number of benzene rings is 1. The Labute approximate surface area is 187 Å². The predicted molar refractivity (Wildman–Crippen MR) is 117 cm³/mol. The highest BCUT2D eigenvalue weighted by molar-refractivity contribution is 6.14. The number of anilines is 2. The molecule has 0 spiro atoms. The van der Waals surface area contributed by atoms with Gasteiger partial charge in [0, 0.05) is 23.7 Å². The lowest BCUT2D eigenvalue weighted by Crippen LogP contribution is -2.22. The highest BCUT2D eigenvalue weighted by Crippen LogP contribution is 2.34.